The summed E-state index contributed by atoms with van der Waals surface area (Å²) in [4.78, 5) is 43.8. The van der Waals surface area contributed by atoms with Crippen molar-refractivity contribution in [1.29, 1.82) is 0 Å². The van der Waals surface area contributed by atoms with Crippen LogP contribution in [0.2, 0.25) is 0 Å². The summed E-state index contributed by atoms with van der Waals surface area (Å²) in [5, 5.41) is 11.2. The van der Waals surface area contributed by atoms with Crippen LogP contribution in [0.3, 0.4) is 0 Å². The molecule has 1 aliphatic heterocycles. The third-order valence-electron chi connectivity index (χ3n) is 5.67. The number of Topliss-reactive ketones (excluding diaryl/α,β-unsaturated/α-hetero) is 1. The first-order valence-corrected chi connectivity index (χ1v) is 11.0. The summed E-state index contributed by atoms with van der Waals surface area (Å²) in [6.07, 6.45) is 3.22. The number of rotatable bonds is 7. The average molecular weight is 472 g/mol. The summed E-state index contributed by atoms with van der Waals surface area (Å²) in [6, 6.07) is 16.0. The Bertz CT molecular complexity index is 1280. The van der Waals surface area contributed by atoms with Gasteiger partial charge in [0.05, 0.1) is 37.3 Å². The molecule has 0 radical (unpaired) electrons. The molecule has 8 nitrogen and oxygen atoms in total. The van der Waals surface area contributed by atoms with Gasteiger partial charge in [-0.15, -0.1) is 0 Å². The Kier molecular flexibility index (Phi) is 6.91. The Hall–Kier alpha value is -4.46. The van der Waals surface area contributed by atoms with E-state index < -0.39 is 17.7 Å². The average Bonchev–Trinajstić information content (AvgIpc) is 3.15. The van der Waals surface area contributed by atoms with E-state index in [0.717, 1.165) is 0 Å². The van der Waals surface area contributed by atoms with Gasteiger partial charge in [-0.25, -0.2) is 0 Å². The fraction of sp³-hybridized carbons (Fsp3) is 0.185. The van der Waals surface area contributed by atoms with Gasteiger partial charge >= 0.3 is 5.97 Å². The van der Waals surface area contributed by atoms with Crippen molar-refractivity contribution < 1.29 is 29.0 Å². The highest BCUT2D eigenvalue weighted by Gasteiger charge is 2.47. The quantitative estimate of drug-likeness (QED) is 0.241. The summed E-state index contributed by atoms with van der Waals surface area (Å²) in [5.74, 6) is -1.93. The number of hydrogen-bond donors (Lipinski definition) is 1. The molecule has 1 amide bonds. The van der Waals surface area contributed by atoms with E-state index in [0.29, 0.717) is 34.7 Å². The summed E-state index contributed by atoms with van der Waals surface area (Å²) in [6.45, 7) is 2.03. The molecule has 0 aliphatic carbocycles. The number of esters is 1. The minimum absolute atomic E-state index is 0.0666. The van der Waals surface area contributed by atoms with Crippen LogP contribution in [0, 0.1) is 0 Å². The van der Waals surface area contributed by atoms with E-state index in [9.17, 15) is 19.5 Å². The number of ketones is 1. The SMILES string of the molecule is CCOC(=O)Cc1ccc(N2C(=O)C(=O)/C(=C(\O)c3ccccc3OC)C2c2cccnc2)cc1. The summed E-state index contributed by atoms with van der Waals surface area (Å²) < 4.78 is 10.3. The van der Waals surface area contributed by atoms with Crippen LogP contribution in [0.4, 0.5) is 5.69 Å². The summed E-state index contributed by atoms with van der Waals surface area (Å²) in [5.41, 5.74) is 1.93. The maximum atomic E-state index is 13.2. The molecule has 1 aromatic heterocycles. The third kappa shape index (κ3) is 4.63. The zero-order chi connectivity index (χ0) is 24.9. The fourth-order valence-corrected chi connectivity index (χ4v) is 4.09. The van der Waals surface area contributed by atoms with Crippen molar-refractivity contribution in [3.05, 3.63) is 95.3 Å². The first kappa shape index (κ1) is 23.7. The van der Waals surface area contributed by atoms with Gasteiger partial charge in [-0.2, -0.15) is 0 Å². The zero-order valence-corrected chi connectivity index (χ0v) is 19.3. The minimum Gasteiger partial charge on any atom is -0.507 e. The van der Waals surface area contributed by atoms with Gasteiger partial charge in [0, 0.05) is 18.1 Å². The van der Waals surface area contributed by atoms with Crippen molar-refractivity contribution in [3.8, 4) is 5.75 Å². The molecule has 1 atom stereocenters. The molecule has 35 heavy (non-hydrogen) atoms. The second-order valence-electron chi connectivity index (χ2n) is 7.80. The Morgan fingerprint density at radius 1 is 1.06 bits per heavy atom. The Balaban J connectivity index is 1.81. The smallest absolute Gasteiger partial charge is 0.310 e. The Morgan fingerprint density at radius 3 is 2.46 bits per heavy atom. The number of ether oxygens (including phenoxy) is 2. The molecular formula is C27H24N2O6. The van der Waals surface area contributed by atoms with Crippen molar-refractivity contribution in [2.24, 2.45) is 0 Å². The molecule has 0 bridgehead atoms. The number of aliphatic hydroxyl groups is 1. The van der Waals surface area contributed by atoms with E-state index in [1.54, 1.807) is 80.0 Å². The second kappa shape index (κ2) is 10.2. The Morgan fingerprint density at radius 2 is 1.80 bits per heavy atom. The van der Waals surface area contributed by atoms with E-state index in [-0.39, 0.29) is 23.7 Å². The predicted octanol–water partition coefficient (Wildman–Crippen LogP) is 3.82. The van der Waals surface area contributed by atoms with Gasteiger partial charge in [-0.1, -0.05) is 30.3 Å². The standard InChI is InChI=1S/C27H24N2O6/c1-3-35-22(30)15-17-10-12-19(13-11-17)29-24(18-7-6-14-28-16-18)23(26(32)27(29)33)25(31)20-8-4-5-9-21(20)34-2/h4-14,16,24,31H,3,15H2,1-2H3/b25-23-. The van der Waals surface area contributed by atoms with Crippen LogP contribution >= 0.6 is 0 Å². The molecule has 2 aromatic carbocycles. The molecule has 8 heteroatoms. The molecule has 0 spiro atoms. The highest BCUT2D eigenvalue weighted by atomic mass is 16.5. The molecule has 3 aromatic rings. The number of carbonyl (C=O) groups is 3. The van der Waals surface area contributed by atoms with E-state index in [4.69, 9.17) is 9.47 Å². The number of carbonyl (C=O) groups excluding carboxylic acids is 3. The fourth-order valence-electron chi connectivity index (χ4n) is 4.09. The second-order valence-corrected chi connectivity index (χ2v) is 7.80. The predicted molar refractivity (Wildman–Crippen MR) is 129 cm³/mol. The lowest BCUT2D eigenvalue weighted by atomic mass is 9.95. The number of methoxy groups -OCH3 is 1. The van der Waals surface area contributed by atoms with Crippen LogP contribution in [0.15, 0.2) is 78.6 Å². The molecule has 1 aliphatic rings. The monoisotopic (exact) mass is 472 g/mol. The third-order valence-corrected chi connectivity index (χ3v) is 5.67. The molecule has 1 N–H and O–H groups in total. The maximum absolute atomic E-state index is 13.2. The summed E-state index contributed by atoms with van der Waals surface area (Å²) >= 11 is 0. The van der Waals surface area contributed by atoms with Crippen LogP contribution < -0.4 is 9.64 Å². The number of anilines is 1. The van der Waals surface area contributed by atoms with Gasteiger partial charge in [-0.05, 0) is 48.4 Å². The normalized spacial score (nSPS) is 16.9. The molecule has 2 heterocycles. The largest absolute Gasteiger partial charge is 0.507 e. The van der Waals surface area contributed by atoms with Crippen molar-refractivity contribution >= 4 is 29.1 Å². The van der Waals surface area contributed by atoms with Crippen molar-refractivity contribution in [2.75, 3.05) is 18.6 Å². The molecule has 178 valence electrons. The van der Waals surface area contributed by atoms with Gasteiger partial charge in [-0.3, -0.25) is 24.3 Å². The molecule has 1 saturated heterocycles. The van der Waals surface area contributed by atoms with Gasteiger partial charge in [0.25, 0.3) is 11.7 Å². The van der Waals surface area contributed by atoms with Crippen molar-refractivity contribution in [1.82, 2.24) is 4.98 Å². The van der Waals surface area contributed by atoms with Gasteiger partial charge in [0.2, 0.25) is 0 Å². The number of nitrogens with zero attached hydrogens (tertiary/aromatic N) is 2. The highest BCUT2D eigenvalue weighted by molar-refractivity contribution is 6.51. The number of hydrogen-bond acceptors (Lipinski definition) is 7. The van der Waals surface area contributed by atoms with Gasteiger partial charge < -0.3 is 14.6 Å². The highest BCUT2D eigenvalue weighted by Crippen LogP contribution is 2.43. The number of aliphatic hydroxyl groups excluding tert-OH is 1. The van der Waals surface area contributed by atoms with Crippen molar-refractivity contribution in [3.63, 3.8) is 0 Å². The lowest BCUT2D eigenvalue weighted by Gasteiger charge is -2.25. The number of amides is 1. The molecular weight excluding hydrogens is 448 g/mol. The van der Waals surface area contributed by atoms with E-state index in [1.807, 2.05) is 0 Å². The van der Waals surface area contributed by atoms with Crippen molar-refractivity contribution in [2.45, 2.75) is 19.4 Å². The Labute approximate surface area is 202 Å². The first-order valence-electron chi connectivity index (χ1n) is 11.0. The first-order chi connectivity index (χ1) is 17.0. The number of benzene rings is 2. The van der Waals surface area contributed by atoms with Crippen LogP contribution in [0.25, 0.3) is 5.76 Å². The topological polar surface area (TPSA) is 106 Å². The van der Waals surface area contributed by atoms with Gasteiger partial charge in [0.15, 0.2) is 0 Å². The lowest BCUT2D eigenvalue weighted by Crippen LogP contribution is -2.29. The van der Waals surface area contributed by atoms with E-state index in [1.165, 1.54) is 12.0 Å². The number of para-hydroxylation sites is 1. The number of aromatic nitrogens is 1. The minimum atomic E-state index is -0.912. The van der Waals surface area contributed by atoms with Gasteiger partial charge in [0.1, 0.15) is 11.5 Å². The lowest BCUT2D eigenvalue weighted by molar-refractivity contribution is -0.142. The van der Waals surface area contributed by atoms with Crippen LogP contribution in [0.1, 0.15) is 29.7 Å². The molecule has 1 unspecified atom stereocenters. The number of pyridine rings is 1. The van der Waals surface area contributed by atoms with Crippen LogP contribution in [-0.2, 0) is 25.5 Å². The molecule has 1 fully saturated rings. The zero-order valence-electron chi connectivity index (χ0n) is 19.3. The molecule has 4 rings (SSSR count). The van der Waals surface area contributed by atoms with E-state index >= 15 is 0 Å². The van der Waals surface area contributed by atoms with Crippen LogP contribution in [0.5, 0.6) is 5.75 Å². The van der Waals surface area contributed by atoms with E-state index in [2.05, 4.69) is 4.98 Å². The summed E-state index contributed by atoms with van der Waals surface area (Å²) in [7, 11) is 1.46. The maximum Gasteiger partial charge on any atom is 0.310 e. The molecule has 0 saturated carbocycles. The van der Waals surface area contributed by atoms with Crippen LogP contribution in [-0.4, -0.2) is 41.5 Å².